The highest BCUT2D eigenvalue weighted by Crippen LogP contribution is 2.00. The average Bonchev–Trinajstić information content (AvgIpc) is 2.22. The fraction of sp³-hybridized carbons (Fsp3) is 0.750. The van der Waals surface area contributed by atoms with Gasteiger partial charge in [-0.15, -0.1) is 5.92 Å². The van der Waals surface area contributed by atoms with Crippen molar-refractivity contribution in [2.24, 2.45) is 0 Å². The minimum atomic E-state index is -0.0812. The normalized spacial score (nSPS) is 9.20. The van der Waals surface area contributed by atoms with E-state index in [-0.39, 0.29) is 5.97 Å². The number of carbonyl (C=O) groups excluding carboxylic acids is 1. The molecular formula is C12H21NO2. The van der Waals surface area contributed by atoms with Crippen molar-refractivity contribution in [2.45, 2.75) is 39.5 Å². The van der Waals surface area contributed by atoms with Crippen molar-refractivity contribution in [1.82, 2.24) is 5.32 Å². The first-order valence-corrected chi connectivity index (χ1v) is 5.57. The molecule has 0 aromatic heterocycles. The monoisotopic (exact) mass is 211 g/mol. The summed E-state index contributed by atoms with van der Waals surface area (Å²) in [6.07, 6.45) is 3.61. The maximum Gasteiger partial charge on any atom is 0.305 e. The van der Waals surface area contributed by atoms with Crippen molar-refractivity contribution >= 4 is 5.97 Å². The Kier molecular flexibility index (Phi) is 10.3. The van der Waals surface area contributed by atoms with Gasteiger partial charge in [0, 0.05) is 6.42 Å². The Balaban J connectivity index is 3.10. The summed E-state index contributed by atoms with van der Waals surface area (Å²) in [6.45, 7) is 5.87. The molecule has 0 aliphatic carbocycles. The maximum absolute atomic E-state index is 11.0. The fourth-order valence-corrected chi connectivity index (χ4v) is 1.17. The molecule has 0 saturated heterocycles. The van der Waals surface area contributed by atoms with Crippen LogP contribution in [0.25, 0.3) is 0 Å². The molecule has 0 radical (unpaired) electrons. The van der Waals surface area contributed by atoms with E-state index in [1.54, 1.807) is 0 Å². The van der Waals surface area contributed by atoms with Gasteiger partial charge < -0.3 is 10.1 Å². The summed E-state index contributed by atoms with van der Waals surface area (Å²) in [7, 11) is 0. The van der Waals surface area contributed by atoms with Crippen LogP contribution in [-0.2, 0) is 9.53 Å². The first-order valence-electron chi connectivity index (χ1n) is 5.57. The molecule has 0 aliphatic heterocycles. The van der Waals surface area contributed by atoms with Gasteiger partial charge in [-0.1, -0.05) is 12.3 Å². The molecule has 86 valence electrons. The molecule has 0 aromatic carbocycles. The zero-order valence-electron chi connectivity index (χ0n) is 9.77. The predicted molar refractivity (Wildman–Crippen MR) is 61.4 cm³/mol. The highest BCUT2D eigenvalue weighted by atomic mass is 16.5. The lowest BCUT2D eigenvalue weighted by Crippen LogP contribution is -2.15. The van der Waals surface area contributed by atoms with E-state index < -0.39 is 0 Å². The minimum absolute atomic E-state index is 0.0812. The molecule has 0 rings (SSSR count). The van der Waals surface area contributed by atoms with Gasteiger partial charge in [-0.25, -0.2) is 0 Å². The lowest BCUT2D eigenvalue weighted by atomic mass is 10.2. The zero-order chi connectivity index (χ0) is 11.4. The molecular weight excluding hydrogens is 190 g/mol. The summed E-state index contributed by atoms with van der Waals surface area (Å²) < 4.78 is 4.83. The third kappa shape index (κ3) is 10.9. The number of rotatable bonds is 8. The van der Waals surface area contributed by atoms with Crippen LogP contribution in [0.5, 0.6) is 0 Å². The SMILES string of the molecule is CC#CCNCCCCCC(=O)OCC. The second-order valence-corrected chi connectivity index (χ2v) is 3.22. The standard InChI is InChI=1S/C12H21NO2/c1-3-5-10-13-11-8-6-7-9-12(14)15-4-2/h13H,4,6-11H2,1-2H3. The van der Waals surface area contributed by atoms with Crippen LogP contribution in [-0.4, -0.2) is 25.7 Å². The van der Waals surface area contributed by atoms with Gasteiger partial charge in [-0.2, -0.15) is 0 Å². The van der Waals surface area contributed by atoms with Crippen LogP contribution in [0.4, 0.5) is 0 Å². The van der Waals surface area contributed by atoms with Gasteiger partial charge in [0.15, 0.2) is 0 Å². The Bertz CT molecular complexity index is 215. The Labute approximate surface area is 92.6 Å². The van der Waals surface area contributed by atoms with E-state index in [1.165, 1.54) is 0 Å². The molecule has 0 unspecified atom stereocenters. The van der Waals surface area contributed by atoms with Crippen LogP contribution in [0.1, 0.15) is 39.5 Å². The van der Waals surface area contributed by atoms with Crippen molar-refractivity contribution < 1.29 is 9.53 Å². The molecule has 0 spiro atoms. The Morgan fingerprint density at radius 1 is 1.33 bits per heavy atom. The molecule has 0 bridgehead atoms. The molecule has 0 fully saturated rings. The fourth-order valence-electron chi connectivity index (χ4n) is 1.17. The van der Waals surface area contributed by atoms with Crippen molar-refractivity contribution in [3.8, 4) is 11.8 Å². The first kappa shape index (κ1) is 14.0. The van der Waals surface area contributed by atoms with Crippen molar-refractivity contribution in [3.63, 3.8) is 0 Å². The number of carbonyl (C=O) groups is 1. The molecule has 0 amide bonds. The van der Waals surface area contributed by atoms with Crippen LogP contribution < -0.4 is 5.32 Å². The van der Waals surface area contributed by atoms with Crippen LogP contribution >= 0.6 is 0 Å². The first-order chi connectivity index (χ1) is 7.31. The Morgan fingerprint density at radius 2 is 2.13 bits per heavy atom. The number of esters is 1. The summed E-state index contributed by atoms with van der Waals surface area (Å²) in [5.74, 6) is 5.68. The molecule has 0 aromatic rings. The van der Waals surface area contributed by atoms with Crippen LogP contribution in [0.2, 0.25) is 0 Å². The van der Waals surface area contributed by atoms with Crippen LogP contribution in [0.15, 0.2) is 0 Å². The highest BCUT2D eigenvalue weighted by Gasteiger charge is 1.99. The summed E-state index contributed by atoms with van der Waals surface area (Å²) in [4.78, 5) is 11.0. The van der Waals surface area contributed by atoms with E-state index in [9.17, 15) is 4.79 Å². The lowest BCUT2D eigenvalue weighted by Gasteiger charge is -2.02. The largest absolute Gasteiger partial charge is 0.466 e. The second kappa shape index (κ2) is 11.1. The summed E-state index contributed by atoms with van der Waals surface area (Å²) in [6, 6.07) is 0. The molecule has 3 nitrogen and oxygen atoms in total. The molecule has 0 aliphatic rings. The number of hydrogen-bond acceptors (Lipinski definition) is 3. The van der Waals surface area contributed by atoms with Crippen LogP contribution in [0, 0.1) is 11.8 Å². The quantitative estimate of drug-likeness (QED) is 0.377. The van der Waals surface area contributed by atoms with E-state index in [0.717, 1.165) is 32.4 Å². The van der Waals surface area contributed by atoms with Gasteiger partial charge in [0.25, 0.3) is 0 Å². The van der Waals surface area contributed by atoms with E-state index in [1.807, 2.05) is 13.8 Å². The zero-order valence-corrected chi connectivity index (χ0v) is 9.77. The van der Waals surface area contributed by atoms with Gasteiger partial charge in [-0.3, -0.25) is 4.79 Å². The van der Waals surface area contributed by atoms with Crippen molar-refractivity contribution in [1.29, 1.82) is 0 Å². The van der Waals surface area contributed by atoms with E-state index in [4.69, 9.17) is 4.74 Å². The maximum atomic E-state index is 11.0. The number of hydrogen-bond donors (Lipinski definition) is 1. The van der Waals surface area contributed by atoms with Crippen molar-refractivity contribution in [2.75, 3.05) is 19.7 Å². The minimum Gasteiger partial charge on any atom is -0.466 e. The smallest absolute Gasteiger partial charge is 0.305 e. The van der Waals surface area contributed by atoms with Gasteiger partial charge in [0.05, 0.1) is 13.2 Å². The summed E-state index contributed by atoms with van der Waals surface area (Å²) >= 11 is 0. The average molecular weight is 211 g/mol. The predicted octanol–water partition coefficient (Wildman–Crippen LogP) is 1.72. The van der Waals surface area contributed by atoms with Crippen LogP contribution in [0.3, 0.4) is 0 Å². The molecule has 15 heavy (non-hydrogen) atoms. The molecule has 1 N–H and O–H groups in total. The van der Waals surface area contributed by atoms with Gasteiger partial charge in [0.2, 0.25) is 0 Å². The molecule has 3 heteroatoms. The number of unbranched alkanes of at least 4 members (excludes halogenated alkanes) is 2. The number of nitrogens with one attached hydrogen (secondary N) is 1. The topological polar surface area (TPSA) is 38.3 Å². The summed E-state index contributed by atoms with van der Waals surface area (Å²) in [5.41, 5.74) is 0. The molecule has 0 heterocycles. The number of ether oxygens (including phenoxy) is 1. The third-order valence-electron chi connectivity index (χ3n) is 1.93. The van der Waals surface area contributed by atoms with Gasteiger partial charge >= 0.3 is 5.97 Å². The molecule has 0 atom stereocenters. The van der Waals surface area contributed by atoms with E-state index in [0.29, 0.717) is 13.0 Å². The van der Waals surface area contributed by atoms with E-state index >= 15 is 0 Å². The molecule has 0 saturated carbocycles. The Morgan fingerprint density at radius 3 is 2.80 bits per heavy atom. The lowest BCUT2D eigenvalue weighted by molar-refractivity contribution is -0.143. The highest BCUT2D eigenvalue weighted by molar-refractivity contribution is 5.69. The second-order valence-electron chi connectivity index (χ2n) is 3.22. The van der Waals surface area contributed by atoms with E-state index in [2.05, 4.69) is 17.2 Å². The third-order valence-corrected chi connectivity index (χ3v) is 1.93. The Hall–Kier alpha value is -1.01. The van der Waals surface area contributed by atoms with Crippen molar-refractivity contribution in [3.05, 3.63) is 0 Å². The van der Waals surface area contributed by atoms with Gasteiger partial charge in [-0.05, 0) is 33.2 Å². The summed E-state index contributed by atoms with van der Waals surface area (Å²) in [5, 5.41) is 3.21. The van der Waals surface area contributed by atoms with Gasteiger partial charge in [0.1, 0.15) is 0 Å².